The summed E-state index contributed by atoms with van der Waals surface area (Å²) >= 11 is 1.68. The SMILES string of the molecule is CC(C)[Si](Oc1ccc(COC(=O)N2c3ccc(N(C)C)cc3Sc3cc(N(C)C)ccc32)cc1)(C(C)C)C(C)C. The summed E-state index contributed by atoms with van der Waals surface area (Å²) < 4.78 is 12.7. The fraction of sp³-hybridized carbons (Fsp3) is 0.424. The molecular formula is C33H45N3O3SSi. The van der Waals surface area contributed by atoms with E-state index in [9.17, 15) is 4.79 Å². The number of carbonyl (C=O) groups excluding carboxylic acids is 1. The normalized spacial score (nSPS) is 12.9. The lowest BCUT2D eigenvalue weighted by Gasteiger charge is -2.42. The maximum atomic E-state index is 13.7. The Labute approximate surface area is 251 Å². The molecule has 0 fully saturated rings. The summed E-state index contributed by atoms with van der Waals surface area (Å²) in [6.45, 7) is 13.9. The van der Waals surface area contributed by atoms with E-state index in [1.165, 1.54) is 0 Å². The summed E-state index contributed by atoms with van der Waals surface area (Å²) in [5, 5.41) is 0. The number of amides is 1. The van der Waals surface area contributed by atoms with Crippen LogP contribution in [0.15, 0.2) is 70.5 Å². The molecule has 220 valence electrons. The summed E-state index contributed by atoms with van der Waals surface area (Å²) in [6.07, 6.45) is -0.394. The summed E-state index contributed by atoms with van der Waals surface area (Å²) in [5.41, 5.74) is 6.25. The van der Waals surface area contributed by atoms with Crippen LogP contribution in [0, 0.1) is 0 Å². The molecule has 0 saturated heterocycles. The maximum absolute atomic E-state index is 13.7. The van der Waals surface area contributed by atoms with E-state index in [-0.39, 0.29) is 6.61 Å². The third kappa shape index (κ3) is 6.23. The molecule has 0 N–H and O–H groups in total. The van der Waals surface area contributed by atoms with Gasteiger partial charge in [-0.25, -0.2) is 9.69 Å². The number of hydrogen-bond donors (Lipinski definition) is 0. The standard InChI is InChI=1S/C33H45N3O3SSi/c1-22(2)41(23(3)4,24(5)6)39-28-15-11-25(12-16-28)21-38-33(37)36-29-17-13-26(34(7)8)19-31(29)40-32-20-27(35(9)10)14-18-30(32)36/h11-20,22-24H,21H2,1-10H3. The molecule has 0 unspecified atom stereocenters. The van der Waals surface area contributed by atoms with E-state index in [0.29, 0.717) is 16.6 Å². The van der Waals surface area contributed by atoms with Crippen molar-refractivity contribution in [2.24, 2.45) is 0 Å². The monoisotopic (exact) mass is 591 g/mol. The van der Waals surface area contributed by atoms with Gasteiger partial charge in [-0.15, -0.1) is 0 Å². The van der Waals surface area contributed by atoms with E-state index < -0.39 is 14.4 Å². The molecule has 0 atom stereocenters. The summed E-state index contributed by atoms with van der Waals surface area (Å²) in [6, 6.07) is 20.4. The zero-order chi connectivity index (χ0) is 30.1. The van der Waals surface area contributed by atoms with Crippen molar-refractivity contribution in [2.45, 2.75) is 74.6 Å². The van der Waals surface area contributed by atoms with Crippen LogP contribution in [0.2, 0.25) is 16.6 Å². The number of hydrogen-bond acceptors (Lipinski definition) is 6. The Kier molecular flexibility index (Phi) is 9.34. The Morgan fingerprint density at radius 2 is 1.22 bits per heavy atom. The molecular weight excluding hydrogens is 547 g/mol. The molecule has 3 aromatic carbocycles. The van der Waals surface area contributed by atoms with Crippen molar-refractivity contribution in [3.05, 3.63) is 66.2 Å². The highest BCUT2D eigenvalue weighted by Crippen LogP contribution is 2.50. The van der Waals surface area contributed by atoms with Gasteiger partial charge in [-0.3, -0.25) is 0 Å². The van der Waals surface area contributed by atoms with E-state index in [0.717, 1.165) is 43.9 Å². The van der Waals surface area contributed by atoms with Gasteiger partial charge in [0.2, 0.25) is 0 Å². The number of anilines is 4. The molecule has 1 aliphatic heterocycles. The van der Waals surface area contributed by atoms with Gasteiger partial charge < -0.3 is 19.0 Å². The van der Waals surface area contributed by atoms with Crippen LogP contribution in [0.5, 0.6) is 5.75 Å². The van der Waals surface area contributed by atoms with Crippen LogP contribution in [0.4, 0.5) is 27.5 Å². The first-order valence-corrected chi connectivity index (χ1v) is 17.4. The molecule has 6 nitrogen and oxygen atoms in total. The van der Waals surface area contributed by atoms with Gasteiger partial charge in [-0.05, 0) is 70.7 Å². The summed E-state index contributed by atoms with van der Waals surface area (Å²) in [4.78, 5) is 21.5. The second-order valence-electron chi connectivity index (χ2n) is 12.1. The first-order valence-electron chi connectivity index (χ1n) is 14.4. The van der Waals surface area contributed by atoms with Gasteiger partial charge in [-0.1, -0.05) is 65.4 Å². The minimum absolute atomic E-state index is 0.181. The number of carbonyl (C=O) groups is 1. The molecule has 41 heavy (non-hydrogen) atoms. The van der Waals surface area contributed by atoms with Crippen molar-refractivity contribution < 1.29 is 14.0 Å². The van der Waals surface area contributed by atoms with Crippen molar-refractivity contribution in [3.63, 3.8) is 0 Å². The average molecular weight is 592 g/mol. The predicted molar refractivity (Wildman–Crippen MR) is 176 cm³/mol. The van der Waals surface area contributed by atoms with Gasteiger partial charge in [-0.2, -0.15) is 0 Å². The van der Waals surface area contributed by atoms with Crippen LogP contribution in [0.25, 0.3) is 0 Å². The van der Waals surface area contributed by atoms with Gasteiger partial charge in [0.05, 0.1) is 11.4 Å². The van der Waals surface area contributed by atoms with Crippen LogP contribution < -0.4 is 19.1 Å². The number of ether oxygens (including phenoxy) is 1. The first-order chi connectivity index (χ1) is 19.3. The van der Waals surface area contributed by atoms with Crippen molar-refractivity contribution in [3.8, 4) is 5.75 Å². The zero-order valence-electron chi connectivity index (χ0n) is 26.2. The summed E-state index contributed by atoms with van der Waals surface area (Å²) in [5.74, 6) is 0.896. The predicted octanol–water partition coefficient (Wildman–Crippen LogP) is 9.31. The smallest absolute Gasteiger partial charge is 0.419 e. The molecule has 8 heteroatoms. The lowest BCUT2D eigenvalue weighted by molar-refractivity contribution is 0.149. The quantitative estimate of drug-likeness (QED) is 0.231. The Morgan fingerprint density at radius 3 is 1.63 bits per heavy atom. The maximum Gasteiger partial charge on any atom is 0.419 e. The molecule has 1 heterocycles. The van der Waals surface area contributed by atoms with E-state index in [4.69, 9.17) is 9.16 Å². The van der Waals surface area contributed by atoms with Crippen LogP contribution in [0.1, 0.15) is 47.1 Å². The molecule has 3 aromatic rings. The van der Waals surface area contributed by atoms with E-state index in [1.54, 1.807) is 16.7 Å². The molecule has 0 aliphatic carbocycles. The third-order valence-electron chi connectivity index (χ3n) is 8.09. The number of nitrogens with zero attached hydrogens (tertiary/aromatic N) is 3. The molecule has 1 aliphatic rings. The Morgan fingerprint density at radius 1 is 0.756 bits per heavy atom. The molecule has 0 bridgehead atoms. The first kappa shape index (κ1) is 30.8. The topological polar surface area (TPSA) is 45.3 Å². The van der Waals surface area contributed by atoms with E-state index in [1.807, 2.05) is 76.7 Å². The fourth-order valence-electron chi connectivity index (χ4n) is 5.96. The minimum atomic E-state index is -2.03. The Hall–Kier alpha value is -3.10. The minimum Gasteiger partial charge on any atom is -0.543 e. The lowest BCUT2D eigenvalue weighted by Crippen LogP contribution is -2.50. The van der Waals surface area contributed by atoms with E-state index >= 15 is 0 Å². The van der Waals surface area contributed by atoms with Crippen molar-refractivity contribution in [2.75, 3.05) is 42.9 Å². The van der Waals surface area contributed by atoms with Crippen molar-refractivity contribution in [1.29, 1.82) is 0 Å². The van der Waals surface area contributed by atoms with Crippen molar-refractivity contribution >= 4 is 48.9 Å². The van der Waals surface area contributed by atoms with E-state index in [2.05, 4.69) is 63.5 Å². The summed E-state index contributed by atoms with van der Waals surface area (Å²) in [7, 11) is 6.05. The number of rotatable bonds is 9. The van der Waals surface area contributed by atoms with Crippen LogP contribution in [-0.4, -0.2) is 42.6 Å². The lowest BCUT2D eigenvalue weighted by atomic mass is 10.2. The van der Waals surface area contributed by atoms with Gasteiger partial charge in [0.1, 0.15) is 12.4 Å². The van der Waals surface area contributed by atoms with Crippen LogP contribution in [0.3, 0.4) is 0 Å². The number of benzene rings is 3. The molecule has 4 rings (SSSR count). The highest BCUT2D eigenvalue weighted by Gasteiger charge is 2.47. The zero-order valence-corrected chi connectivity index (χ0v) is 28.0. The molecule has 0 spiro atoms. The Balaban J connectivity index is 1.56. The van der Waals surface area contributed by atoms with Crippen molar-refractivity contribution in [1.82, 2.24) is 0 Å². The van der Waals surface area contributed by atoms with Crippen LogP contribution in [-0.2, 0) is 11.3 Å². The van der Waals surface area contributed by atoms with Crippen LogP contribution >= 0.6 is 11.8 Å². The number of fused-ring (bicyclic) bond motifs is 2. The molecule has 1 amide bonds. The third-order valence-corrected chi connectivity index (χ3v) is 15.2. The van der Waals surface area contributed by atoms with Gasteiger partial charge in [0, 0.05) is 49.4 Å². The fourth-order valence-corrected chi connectivity index (χ4v) is 12.3. The van der Waals surface area contributed by atoms with Gasteiger partial charge >= 0.3 is 6.09 Å². The highest BCUT2D eigenvalue weighted by atomic mass is 32.2. The Bertz CT molecular complexity index is 1290. The highest BCUT2D eigenvalue weighted by molar-refractivity contribution is 7.99. The second-order valence-corrected chi connectivity index (χ2v) is 18.6. The molecule has 0 saturated carbocycles. The average Bonchev–Trinajstić information content (AvgIpc) is 2.92. The van der Waals surface area contributed by atoms with Gasteiger partial charge in [0.25, 0.3) is 8.32 Å². The van der Waals surface area contributed by atoms with Gasteiger partial charge in [0.15, 0.2) is 0 Å². The second kappa shape index (κ2) is 12.4. The molecule has 0 radical (unpaired) electrons. The largest absolute Gasteiger partial charge is 0.543 e. The molecule has 0 aromatic heterocycles.